The topological polar surface area (TPSA) is 46.6 Å². The second kappa shape index (κ2) is 7.72. The summed E-state index contributed by atoms with van der Waals surface area (Å²) < 4.78 is 5.94. The van der Waals surface area contributed by atoms with Gasteiger partial charge < -0.3 is 9.64 Å². The normalized spacial score (nSPS) is 23.8. The van der Waals surface area contributed by atoms with Crippen LogP contribution in [0.15, 0.2) is 6.07 Å². The van der Waals surface area contributed by atoms with E-state index in [1.165, 1.54) is 31.3 Å². The van der Waals surface area contributed by atoms with Crippen molar-refractivity contribution < 1.29 is 14.3 Å². The van der Waals surface area contributed by atoms with Crippen LogP contribution in [0, 0.1) is 20.6 Å². The van der Waals surface area contributed by atoms with Crippen molar-refractivity contribution in [2.45, 2.75) is 45.4 Å². The van der Waals surface area contributed by atoms with Crippen LogP contribution in [0.25, 0.3) is 0 Å². The molecule has 0 bridgehead atoms. The van der Waals surface area contributed by atoms with Gasteiger partial charge in [0.2, 0.25) is 5.91 Å². The number of rotatable bonds is 5. The summed E-state index contributed by atoms with van der Waals surface area (Å²) in [6, 6.07) is 1.96. The third kappa shape index (κ3) is 4.12. The zero-order chi connectivity index (χ0) is 17.3. The number of hydrogen-bond acceptors (Lipinski definition) is 4. The van der Waals surface area contributed by atoms with Crippen molar-refractivity contribution in [3.8, 4) is 0 Å². The molecule has 0 aliphatic heterocycles. The standard InChI is InChI=1S/C18H24INO3S/c1-11-3-7-13(8-4-11)17(21)20(10-12-5-6-12)14-9-15(19)24-16(14)18(22)23-2/h9,11-13H,3-8,10H2,1-2H3. The Balaban J connectivity index is 1.86. The van der Waals surface area contributed by atoms with Crippen molar-refractivity contribution in [1.82, 2.24) is 0 Å². The van der Waals surface area contributed by atoms with E-state index in [1.54, 1.807) is 0 Å². The number of halogens is 1. The summed E-state index contributed by atoms with van der Waals surface area (Å²) in [5.41, 5.74) is 0.756. The van der Waals surface area contributed by atoms with Gasteiger partial charge in [0.25, 0.3) is 0 Å². The maximum atomic E-state index is 13.2. The molecule has 1 aromatic rings. The third-order valence-corrected chi connectivity index (χ3v) is 6.98. The number of amides is 1. The zero-order valence-corrected chi connectivity index (χ0v) is 17.2. The molecule has 1 heterocycles. The number of esters is 1. The van der Waals surface area contributed by atoms with Gasteiger partial charge in [-0.05, 0) is 79.0 Å². The van der Waals surface area contributed by atoms with Gasteiger partial charge in [-0.15, -0.1) is 11.3 Å². The van der Waals surface area contributed by atoms with E-state index in [9.17, 15) is 9.59 Å². The first-order valence-corrected chi connectivity index (χ1v) is 10.6. The predicted molar refractivity (Wildman–Crippen MR) is 105 cm³/mol. The number of carbonyl (C=O) groups excluding carboxylic acids is 2. The molecule has 0 radical (unpaired) electrons. The highest BCUT2D eigenvalue weighted by atomic mass is 127. The highest BCUT2D eigenvalue weighted by Crippen LogP contribution is 2.39. The first-order chi connectivity index (χ1) is 11.5. The summed E-state index contributed by atoms with van der Waals surface area (Å²) in [5.74, 6) is 1.26. The Kier molecular flexibility index (Phi) is 5.85. The fraction of sp³-hybridized carbons (Fsp3) is 0.667. The molecular formula is C18H24INO3S. The van der Waals surface area contributed by atoms with E-state index in [4.69, 9.17) is 4.74 Å². The number of nitrogens with zero attached hydrogens (tertiary/aromatic N) is 1. The first-order valence-electron chi connectivity index (χ1n) is 8.68. The quantitative estimate of drug-likeness (QED) is 0.472. The molecule has 2 saturated carbocycles. The van der Waals surface area contributed by atoms with Crippen LogP contribution in [-0.2, 0) is 9.53 Å². The Bertz CT molecular complexity index is 618. The SMILES string of the molecule is COC(=O)c1sc(I)cc1N(CC1CC1)C(=O)C1CCC(C)CC1. The molecule has 0 spiro atoms. The summed E-state index contributed by atoms with van der Waals surface area (Å²) >= 11 is 3.62. The van der Waals surface area contributed by atoms with E-state index in [2.05, 4.69) is 29.5 Å². The minimum absolute atomic E-state index is 0.100. The van der Waals surface area contributed by atoms with E-state index >= 15 is 0 Å². The van der Waals surface area contributed by atoms with Gasteiger partial charge in [0.05, 0.1) is 15.7 Å². The molecule has 0 atom stereocenters. The van der Waals surface area contributed by atoms with Gasteiger partial charge in [0, 0.05) is 12.5 Å². The van der Waals surface area contributed by atoms with Crippen LogP contribution in [0.1, 0.15) is 55.1 Å². The van der Waals surface area contributed by atoms with Gasteiger partial charge in [-0.3, -0.25) is 4.79 Å². The lowest BCUT2D eigenvalue weighted by atomic mass is 9.82. The molecule has 132 valence electrons. The molecule has 3 rings (SSSR count). The zero-order valence-electron chi connectivity index (χ0n) is 14.2. The van der Waals surface area contributed by atoms with Crippen molar-refractivity contribution in [1.29, 1.82) is 0 Å². The van der Waals surface area contributed by atoms with Crippen LogP contribution >= 0.6 is 33.9 Å². The molecule has 4 nitrogen and oxygen atoms in total. The van der Waals surface area contributed by atoms with Crippen molar-refractivity contribution in [2.24, 2.45) is 17.8 Å². The Morgan fingerprint density at radius 1 is 1.25 bits per heavy atom. The number of anilines is 1. The maximum absolute atomic E-state index is 13.2. The largest absolute Gasteiger partial charge is 0.465 e. The highest BCUT2D eigenvalue weighted by Gasteiger charge is 2.35. The van der Waals surface area contributed by atoms with E-state index < -0.39 is 0 Å². The molecule has 0 N–H and O–H groups in total. The van der Waals surface area contributed by atoms with Crippen LogP contribution in [0.3, 0.4) is 0 Å². The minimum atomic E-state index is -0.344. The molecule has 1 aromatic heterocycles. The Morgan fingerprint density at radius 3 is 2.50 bits per heavy atom. The van der Waals surface area contributed by atoms with Crippen molar-refractivity contribution in [3.05, 3.63) is 13.8 Å². The van der Waals surface area contributed by atoms with Gasteiger partial charge in [-0.1, -0.05) is 6.92 Å². The third-order valence-electron chi connectivity index (χ3n) is 5.11. The molecule has 2 aliphatic carbocycles. The second-order valence-corrected chi connectivity index (χ2v) is 10.1. The Morgan fingerprint density at radius 2 is 1.92 bits per heavy atom. The summed E-state index contributed by atoms with van der Waals surface area (Å²) in [5, 5.41) is 0. The van der Waals surface area contributed by atoms with Gasteiger partial charge in [0.15, 0.2) is 0 Å². The van der Waals surface area contributed by atoms with Gasteiger partial charge in [0.1, 0.15) is 4.88 Å². The number of thiophene rings is 1. The van der Waals surface area contributed by atoms with Crippen LogP contribution in [0.4, 0.5) is 5.69 Å². The fourth-order valence-electron chi connectivity index (χ4n) is 3.38. The minimum Gasteiger partial charge on any atom is -0.465 e. The number of hydrogen-bond donors (Lipinski definition) is 0. The highest BCUT2D eigenvalue weighted by molar-refractivity contribution is 14.1. The van der Waals surface area contributed by atoms with Crippen molar-refractivity contribution in [2.75, 3.05) is 18.6 Å². The number of ether oxygens (including phenoxy) is 1. The van der Waals surface area contributed by atoms with Crippen LogP contribution < -0.4 is 4.90 Å². The molecule has 0 aromatic carbocycles. The molecule has 24 heavy (non-hydrogen) atoms. The maximum Gasteiger partial charge on any atom is 0.350 e. The average Bonchev–Trinajstić information content (AvgIpc) is 3.32. The summed E-state index contributed by atoms with van der Waals surface area (Å²) in [7, 11) is 1.40. The van der Waals surface area contributed by atoms with E-state index in [-0.39, 0.29) is 17.8 Å². The molecule has 2 aliphatic rings. The molecule has 6 heteroatoms. The molecule has 2 fully saturated rings. The monoisotopic (exact) mass is 461 g/mol. The van der Waals surface area contributed by atoms with Crippen molar-refractivity contribution >= 4 is 51.5 Å². The fourth-order valence-corrected chi connectivity index (χ4v) is 5.15. The van der Waals surface area contributed by atoms with E-state index in [0.29, 0.717) is 10.8 Å². The number of carbonyl (C=O) groups is 2. The van der Waals surface area contributed by atoms with Crippen molar-refractivity contribution in [3.63, 3.8) is 0 Å². The van der Waals surface area contributed by atoms with Gasteiger partial charge in [-0.25, -0.2) is 4.79 Å². The van der Waals surface area contributed by atoms with E-state index in [1.807, 2.05) is 11.0 Å². The first kappa shape index (κ1) is 18.2. The molecule has 0 unspecified atom stereocenters. The lowest BCUT2D eigenvalue weighted by Gasteiger charge is -2.31. The smallest absolute Gasteiger partial charge is 0.350 e. The van der Waals surface area contributed by atoms with E-state index in [0.717, 1.165) is 46.7 Å². The lowest BCUT2D eigenvalue weighted by molar-refractivity contribution is -0.123. The van der Waals surface area contributed by atoms with Crippen LogP contribution in [-0.4, -0.2) is 25.5 Å². The average molecular weight is 461 g/mol. The summed E-state index contributed by atoms with van der Waals surface area (Å²) in [6.45, 7) is 3.00. The second-order valence-electron chi connectivity index (χ2n) is 7.11. The molecule has 0 saturated heterocycles. The Hall–Kier alpha value is -0.630. The Labute approximate surface area is 161 Å². The van der Waals surface area contributed by atoms with Gasteiger partial charge >= 0.3 is 5.97 Å². The lowest BCUT2D eigenvalue weighted by Crippen LogP contribution is -2.39. The molecular weight excluding hydrogens is 437 g/mol. The van der Waals surface area contributed by atoms with Gasteiger partial charge in [-0.2, -0.15) is 0 Å². The van der Waals surface area contributed by atoms with Crippen LogP contribution in [0.5, 0.6) is 0 Å². The number of methoxy groups -OCH3 is 1. The van der Waals surface area contributed by atoms with Crippen LogP contribution in [0.2, 0.25) is 0 Å². The summed E-state index contributed by atoms with van der Waals surface area (Å²) in [6.07, 6.45) is 6.55. The predicted octanol–water partition coefficient (Wildman–Crippen LogP) is 4.71. The summed E-state index contributed by atoms with van der Waals surface area (Å²) in [4.78, 5) is 27.8. The molecule has 1 amide bonds.